The summed E-state index contributed by atoms with van der Waals surface area (Å²) in [6.45, 7) is 0.412. The quantitative estimate of drug-likeness (QED) is 0.793. The molecule has 0 amide bonds. The second-order valence-corrected chi connectivity index (χ2v) is 8.05. The van der Waals surface area contributed by atoms with Gasteiger partial charge in [-0.3, -0.25) is 10.1 Å². The van der Waals surface area contributed by atoms with E-state index in [0.29, 0.717) is 12.4 Å². The number of benzene rings is 2. The van der Waals surface area contributed by atoms with Crippen molar-refractivity contribution in [3.63, 3.8) is 0 Å². The van der Waals surface area contributed by atoms with Crippen molar-refractivity contribution < 1.29 is 19.4 Å². The lowest BCUT2D eigenvalue weighted by Gasteiger charge is -2.16. The van der Waals surface area contributed by atoms with Gasteiger partial charge in [0.15, 0.2) is 0 Å². The van der Waals surface area contributed by atoms with Gasteiger partial charge < -0.3 is 14.6 Å². The highest BCUT2D eigenvalue weighted by Gasteiger charge is 2.30. The molecule has 1 heterocycles. The number of carboxylic acids is 1. The molecule has 1 aliphatic carbocycles. The van der Waals surface area contributed by atoms with Crippen LogP contribution in [-0.2, 0) is 24.2 Å². The molecular weight excluding hydrogens is 362 g/mol. The fraction of sp³-hybridized carbons (Fsp3) is 0.381. The monoisotopic (exact) mass is 385 g/mol. The normalized spacial score (nSPS) is 21.1. The molecule has 0 saturated carbocycles. The number of hydrogen-bond donors (Lipinski definition) is 2. The number of carbonyl (C=O) groups is 1. The van der Waals surface area contributed by atoms with E-state index in [1.54, 1.807) is 18.9 Å². The molecule has 4 rings (SSSR count). The Labute approximate surface area is 163 Å². The van der Waals surface area contributed by atoms with Crippen molar-refractivity contribution in [2.24, 2.45) is 0 Å². The molecule has 0 unspecified atom stereocenters. The minimum Gasteiger partial charge on any atom is -0.496 e. The summed E-state index contributed by atoms with van der Waals surface area (Å²) in [5, 5.41) is 12.3. The smallest absolute Gasteiger partial charge is 0.321 e. The standard InChI is InChI=1S/C21H23NO4S/c1-25-19-8-6-15(20-22-18(12-27-20)21(23)24)9-16(19)11-26-17-7-5-13-3-2-4-14(13)10-17/h5-10,18,20,22H,2-4,11-12H2,1H3,(H,23,24)/t18-,20+/m0/s1. The summed E-state index contributed by atoms with van der Waals surface area (Å²) in [5.41, 5.74) is 4.81. The summed E-state index contributed by atoms with van der Waals surface area (Å²) in [4.78, 5) is 11.2. The number of carboxylic acid groups (broad SMARTS) is 1. The molecule has 27 heavy (non-hydrogen) atoms. The van der Waals surface area contributed by atoms with Crippen LogP contribution in [0.25, 0.3) is 0 Å². The van der Waals surface area contributed by atoms with Gasteiger partial charge in [0, 0.05) is 11.3 Å². The second kappa shape index (κ2) is 7.82. The number of aliphatic carboxylic acids is 1. The number of thioether (sulfide) groups is 1. The van der Waals surface area contributed by atoms with Gasteiger partial charge in [0.2, 0.25) is 0 Å². The third-order valence-electron chi connectivity index (χ3n) is 5.15. The Kier molecular flexibility index (Phi) is 5.27. The lowest BCUT2D eigenvalue weighted by molar-refractivity contribution is -0.138. The number of hydrogen-bond acceptors (Lipinski definition) is 5. The molecule has 2 N–H and O–H groups in total. The molecule has 2 atom stereocenters. The van der Waals surface area contributed by atoms with Gasteiger partial charge in [-0.2, -0.15) is 0 Å². The van der Waals surface area contributed by atoms with Gasteiger partial charge in [0.1, 0.15) is 24.1 Å². The summed E-state index contributed by atoms with van der Waals surface area (Å²) in [7, 11) is 1.65. The molecule has 6 heteroatoms. The highest BCUT2D eigenvalue weighted by molar-refractivity contribution is 7.99. The van der Waals surface area contributed by atoms with Crippen molar-refractivity contribution in [1.82, 2.24) is 5.32 Å². The van der Waals surface area contributed by atoms with E-state index in [1.807, 2.05) is 24.3 Å². The van der Waals surface area contributed by atoms with Crippen molar-refractivity contribution in [3.8, 4) is 11.5 Å². The largest absolute Gasteiger partial charge is 0.496 e. The number of ether oxygens (including phenoxy) is 2. The molecule has 2 aliphatic rings. The van der Waals surface area contributed by atoms with Crippen molar-refractivity contribution in [1.29, 1.82) is 0 Å². The Balaban J connectivity index is 1.49. The minimum atomic E-state index is -0.807. The van der Waals surface area contributed by atoms with Gasteiger partial charge in [-0.05, 0) is 60.2 Å². The number of rotatable bonds is 6. The van der Waals surface area contributed by atoms with Crippen molar-refractivity contribution in [3.05, 3.63) is 58.7 Å². The molecule has 1 fully saturated rings. The molecule has 2 aromatic carbocycles. The summed E-state index contributed by atoms with van der Waals surface area (Å²) in [5.74, 6) is 1.41. The van der Waals surface area contributed by atoms with E-state index in [4.69, 9.17) is 9.47 Å². The molecule has 1 aliphatic heterocycles. The predicted octanol–water partition coefficient (Wildman–Crippen LogP) is 3.55. The van der Waals surface area contributed by atoms with Gasteiger partial charge >= 0.3 is 5.97 Å². The highest BCUT2D eigenvalue weighted by atomic mass is 32.2. The fourth-order valence-electron chi connectivity index (χ4n) is 3.68. The van der Waals surface area contributed by atoms with Gasteiger partial charge in [-0.15, -0.1) is 11.8 Å². The van der Waals surface area contributed by atoms with Crippen molar-refractivity contribution in [2.45, 2.75) is 37.3 Å². The average Bonchev–Trinajstić information content (AvgIpc) is 3.35. The summed E-state index contributed by atoms with van der Waals surface area (Å²) in [6, 6.07) is 11.8. The fourth-order valence-corrected chi connectivity index (χ4v) is 4.90. The maximum atomic E-state index is 11.2. The van der Waals surface area contributed by atoms with E-state index in [2.05, 4.69) is 17.4 Å². The van der Waals surface area contributed by atoms with Crippen LogP contribution in [0.15, 0.2) is 36.4 Å². The van der Waals surface area contributed by atoms with E-state index in [-0.39, 0.29) is 5.37 Å². The topological polar surface area (TPSA) is 67.8 Å². The second-order valence-electron chi connectivity index (χ2n) is 6.91. The maximum Gasteiger partial charge on any atom is 0.321 e. The molecule has 5 nitrogen and oxygen atoms in total. The zero-order chi connectivity index (χ0) is 18.8. The summed E-state index contributed by atoms with van der Waals surface area (Å²) < 4.78 is 11.5. The molecule has 0 radical (unpaired) electrons. The zero-order valence-corrected chi connectivity index (χ0v) is 16.1. The number of fused-ring (bicyclic) bond motifs is 1. The van der Waals surface area contributed by atoms with Crippen molar-refractivity contribution in [2.75, 3.05) is 12.9 Å². The number of aryl methyl sites for hydroxylation is 2. The first-order chi connectivity index (χ1) is 13.1. The number of nitrogens with one attached hydrogen (secondary N) is 1. The van der Waals surface area contributed by atoms with Crippen LogP contribution in [0.5, 0.6) is 11.5 Å². The SMILES string of the molecule is COc1ccc([C@@H]2N[C@H](C(=O)O)CS2)cc1COc1ccc2c(c1)CCC2. The Bertz CT molecular complexity index is 854. The molecular formula is C21H23NO4S. The first kappa shape index (κ1) is 18.2. The molecule has 0 aromatic heterocycles. The van der Waals surface area contributed by atoms with E-state index < -0.39 is 12.0 Å². The first-order valence-corrected chi connectivity index (χ1v) is 10.2. The summed E-state index contributed by atoms with van der Waals surface area (Å²) >= 11 is 1.61. The highest BCUT2D eigenvalue weighted by Crippen LogP contribution is 2.35. The van der Waals surface area contributed by atoms with E-state index >= 15 is 0 Å². The van der Waals surface area contributed by atoms with Crippen LogP contribution in [-0.4, -0.2) is 30.0 Å². The van der Waals surface area contributed by atoms with Crippen LogP contribution >= 0.6 is 11.8 Å². The Hall–Kier alpha value is -2.18. The molecule has 142 valence electrons. The van der Waals surface area contributed by atoms with Crippen LogP contribution in [0.2, 0.25) is 0 Å². The lowest BCUT2D eigenvalue weighted by Crippen LogP contribution is -2.33. The third-order valence-corrected chi connectivity index (χ3v) is 6.42. The van der Waals surface area contributed by atoms with Crippen LogP contribution in [0.4, 0.5) is 0 Å². The molecule has 2 aromatic rings. The Morgan fingerprint density at radius 3 is 2.85 bits per heavy atom. The van der Waals surface area contributed by atoms with Crippen molar-refractivity contribution >= 4 is 17.7 Å². The van der Waals surface area contributed by atoms with Crippen LogP contribution < -0.4 is 14.8 Å². The van der Waals surface area contributed by atoms with E-state index in [1.165, 1.54) is 17.5 Å². The predicted molar refractivity (Wildman–Crippen MR) is 106 cm³/mol. The molecule has 0 spiro atoms. The Morgan fingerprint density at radius 2 is 2.07 bits per heavy atom. The number of methoxy groups -OCH3 is 1. The van der Waals surface area contributed by atoms with Crippen LogP contribution in [0.3, 0.4) is 0 Å². The molecule has 0 bridgehead atoms. The average molecular weight is 385 g/mol. The lowest BCUT2D eigenvalue weighted by atomic mass is 10.1. The maximum absolute atomic E-state index is 11.2. The van der Waals surface area contributed by atoms with Gasteiger partial charge in [0.05, 0.1) is 12.5 Å². The summed E-state index contributed by atoms with van der Waals surface area (Å²) in [6.07, 6.45) is 3.51. The Morgan fingerprint density at radius 1 is 1.22 bits per heavy atom. The first-order valence-electron chi connectivity index (χ1n) is 9.16. The van der Waals surface area contributed by atoms with Gasteiger partial charge in [-0.1, -0.05) is 12.1 Å². The van der Waals surface area contributed by atoms with Crippen LogP contribution in [0.1, 0.15) is 34.0 Å². The van der Waals surface area contributed by atoms with Gasteiger partial charge in [0.25, 0.3) is 0 Å². The van der Waals surface area contributed by atoms with Gasteiger partial charge in [-0.25, -0.2) is 0 Å². The third kappa shape index (κ3) is 3.92. The zero-order valence-electron chi connectivity index (χ0n) is 15.2. The van der Waals surface area contributed by atoms with E-state index in [9.17, 15) is 9.90 Å². The molecule has 1 saturated heterocycles. The van der Waals surface area contributed by atoms with Crippen LogP contribution in [0, 0.1) is 0 Å². The van der Waals surface area contributed by atoms with E-state index in [0.717, 1.165) is 35.5 Å². The minimum absolute atomic E-state index is 0.0317.